The maximum absolute atomic E-state index is 9.44. The van der Waals surface area contributed by atoms with Crippen LogP contribution in [0.1, 0.15) is 25.7 Å². The Labute approximate surface area is 99.3 Å². The number of rotatable bonds is 2. The van der Waals surface area contributed by atoms with Crippen molar-refractivity contribution in [2.45, 2.75) is 37.8 Å². The Morgan fingerprint density at radius 1 is 1.29 bits per heavy atom. The summed E-state index contributed by atoms with van der Waals surface area (Å²) in [4.78, 5) is 11.8. The van der Waals surface area contributed by atoms with E-state index in [1.807, 2.05) is 12.3 Å². The van der Waals surface area contributed by atoms with Crippen LogP contribution >= 0.6 is 0 Å². The lowest BCUT2D eigenvalue weighted by molar-refractivity contribution is 0.126. The molecule has 0 atom stereocenters. The summed E-state index contributed by atoms with van der Waals surface area (Å²) in [7, 11) is 0. The van der Waals surface area contributed by atoms with Crippen molar-refractivity contribution >= 4 is 17.0 Å². The first kappa shape index (κ1) is 10.5. The zero-order chi connectivity index (χ0) is 11.7. The Kier molecular flexibility index (Phi) is 2.68. The minimum Gasteiger partial charge on any atom is -0.393 e. The standard InChI is InChI=1S/C12H16N4O/c17-9-3-1-8(2-4-9)15-12-14-7-11-10(16-12)5-6-13-11/h5-9,13,17H,1-4H2,(H,14,15,16). The largest absolute Gasteiger partial charge is 0.393 e. The van der Waals surface area contributed by atoms with Gasteiger partial charge in [0.15, 0.2) is 0 Å². The summed E-state index contributed by atoms with van der Waals surface area (Å²) >= 11 is 0. The number of fused-ring (bicyclic) bond motifs is 1. The first-order chi connectivity index (χ1) is 8.31. The molecule has 3 rings (SSSR count). The second kappa shape index (κ2) is 4.33. The first-order valence-corrected chi connectivity index (χ1v) is 6.06. The van der Waals surface area contributed by atoms with E-state index in [0.717, 1.165) is 36.7 Å². The zero-order valence-corrected chi connectivity index (χ0v) is 9.56. The lowest BCUT2D eigenvalue weighted by atomic mass is 9.93. The van der Waals surface area contributed by atoms with Crippen LogP contribution < -0.4 is 5.32 Å². The van der Waals surface area contributed by atoms with Gasteiger partial charge in [0.1, 0.15) is 0 Å². The second-order valence-corrected chi connectivity index (χ2v) is 4.62. The number of aromatic amines is 1. The number of aliphatic hydroxyl groups is 1. The highest BCUT2D eigenvalue weighted by Crippen LogP contribution is 2.21. The fourth-order valence-electron chi connectivity index (χ4n) is 2.32. The van der Waals surface area contributed by atoms with E-state index in [9.17, 15) is 5.11 Å². The van der Waals surface area contributed by atoms with E-state index in [4.69, 9.17) is 0 Å². The molecule has 2 aromatic rings. The van der Waals surface area contributed by atoms with Crippen molar-refractivity contribution in [3.63, 3.8) is 0 Å². The predicted octanol–water partition coefficient (Wildman–Crippen LogP) is 1.67. The molecule has 0 amide bonds. The summed E-state index contributed by atoms with van der Waals surface area (Å²) in [5.74, 6) is 0.679. The van der Waals surface area contributed by atoms with Gasteiger partial charge in [0.05, 0.1) is 23.3 Å². The third kappa shape index (κ3) is 2.24. The molecule has 1 saturated carbocycles. The minimum absolute atomic E-state index is 0.124. The van der Waals surface area contributed by atoms with E-state index >= 15 is 0 Å². The maximum atomic E-state index is 9.44. The van der Waals surface area contributed by atoms with Crippen LogP contribution in [0.3, 0.4) is 0 Å². The molecule has 1 fully saturated rings. The summed E-state index contributed by atoms with van der Waals surface area (Å²) < 4.78 is 0. The van der Waals surface area contributed by atoms with E-state index in [2.05, 4.69) is 20.3 Å². The monoisotopic (exact) mass is 232 g/mol. The molecule has 0 aliphatic heterocycles. The molecule has 0 radical (unpaired) electrons. The molecule has 1 aliphatic rings. The average molecular weight is 232 g/mol. The van der Waals surface area contributed by atoms with Crippen LogP contribution in [0.4, 0.5) is 5.95 Å². The van der Waals surface area contributed by atoms with E-state index < -0.39 is 0 Å². The molecule has 5 heteroatoms. The highest BCUT2D eigenvalue weighted by atomic mass is 16.3. The molecule has 0 aromatic carbocycles. The Morgan fingerprint density at radius 2 is 2.12 bits per heavy atom. The molecule has 2 heterocycles. The first-order valence-electron chi connectivity index (χ1n) is 6.06. The van der Waals surface area contributed by atoms with E-state index in [1.165, 1.54) is 0 Å². The maximum Gasteiger partial charge on any atom is 0.223 e. The van der Waals surface area contributed by atoms with Crippen LogP contribution in [-0.4, -0.2) is 32.2 Å². The van der Waals surface area contributed by atoms with Crippen molar-refractivity contribution in [3.05, 3.63) is 18.5 Å². The quantitative estimate of drug-likeness (QED) is 0.736. The molecular weight excluding hydrogens is 216 g/mol. The number of nitrogens with zero attached hydrogens (tertiary/aromatic N) is 2. The van der Waals surface area contributed by atoms with Crippen molar-refractivity contribution in [2.24, 2.45) is 0 Å². The summed E-state index contributed by atoms with van der Waals surface area (Å²) in [5, 5.41) is 12.8. The van der Waals surface area contributed by atoms with Crippen molar-refractivity contribution in [3.8, 4) is 0 Å². The molecule has 5 nitrogen and oxygen atoms in total. The summed E-state index contributed by atoms with van der Waals surface area (Å²) in [6.07, 6.45) is 7.23. The van der Waals surface area contributed by atoms with Gasteiger partial charge in [-0.25, -0.2) is 9.97 Å². The average Bonchev–Trinajstić information content (AvgIpc) is 2.79. The van der Waals surface area contributed by atoms with E-state index in [-0.39, 0.29) is 6.10 Å². The normalized spacial score (nSPS) is 25.0. The fraction of sp³-hybridized carbons (Fsp3) is 0.500. The van der Waals surface area contributed by atoms with Crippen molar-refractivity contribution in [1.82, 2.24) is 15.0 Å². The van der Waals surface area contributed by atoms with Crippen molar-refractivity contribution in [2.75, 3.05) is 5.32 Å². The molecule has 90 valence electrons. The van der Waals surface area contributed by atoms with Gasteiger partial charge in [-0.3, -0.25) is 0 Å². The lowest BCUT2D eigenvalue weighted by Crippen LogP contribution is -2.28. The number of hydrogen-bond donors (Lipinski definition) is 3. The minimum atomic E-state index is -0.124. The van der Waals surface area contributed by atoms with Gasteiger partial charge in [-0.05, 0) is 31.7 Å². The zero-order valence-electron chi connectivity index (χ0n) is 9.56. The summed E-state index contributed by atoms with van der Waals surface area (Å²) in [5.41, 5.74) is 1.88. The third-order valence-corrected chi connectivity index (χ3v) is 3.33. The molecule has 3 N–H and O–H groups in total. The lowest BCUT2D eigenvalue weighted by Gasteiger charge is -2.26. The number of hydrogen-bond acceptors (Lipinski definition) is 4. The van der Waals surface area contributed by atoms with Gasteiger partial charge >= 0.3 is 0 Å². The van der Waals surface area contributed by atoms with Crippen molar-refractivity contribution in [1.29, 1.82) is 0 Å². The summed E-state index contributed by atoms with van der Waals surface area (Å²) in [6.45, 7) is 0. The molecular formula is C12H16N4O. The molecule has 2 aromatic heterocycles. The van der Waals surface area contributed by atoms with Crippen LogP contribution in [0.2, 0.25) is 0 Å². The Morgan fingerprint density at radius 3 is 2.94 bits per heavy atom. The smallest absolute Gasteiger partial charge is 0.223 e. The van der Waals surface area contributed by atoms with Crippen LogP contribution in [0.15, 0.2) is 18.5 Å². The van der Waals surface area contributed by atoms with Crippen LogP contribution in [0.25, 0.3) is 11.0 Å². The second-order valence-electron chi connectivity index (χ2n) is 4.62. The van der Waals surface area contributed by atoms with E-state index in [0.29, 0.717) is 12.0 Å². The number of aliphatic hydroxyl groups excluding tert-OH is 1. The highest BCUT2D eigenvalue weighted by Gasteiger charge is 2.19. The number of H-pyrrole nitrogens is 1. The van der Waals surface area contributed by atoms with Gasteiger partial charge in [-0.1, -0.05) is 0 Å². The van der Waals surface area contributed by atoms with Gasteiger partial charge in [-0.15, -0.1) is 0 Å². The van der Waals surface area contributed by atoms with E-state index in [1.54, 1.807) is 6.20 Å². The Bertz CT molecular complexity index is 502. The summed E-state index contributed by atoms with van der Waals surface area (Å²) in [6, 6.07) is 2.32. The van der Waals surface area contributed by atoms with Crippen molar-refractivity contribution < 1.29 is 5.11 Å². The van der Waals surface area contributed by atoms with Gasteiger partial charge in [0.2, 0.25) is 5.95 Å². The molecule has 0 bridgehead atoms. The Hall–Kier alpha value is -1.62. The van der Waals surface area contributed by atoms with Gasteiger partial charge in [0, 0.05) is 12.2 Å². The van der Waals surface area contributed by atoms with Gasteiger partial charge in [0.25, 0.3) is 0 Å². The Balaban J connectivity index is 1.71. The fourth-order valence-corrected chi connectivity index (χ4v) is 2.32. The SMILES string of the molecule is OC1CCC(Nc2ncc3[nH]ccc3n2)CC1. The van der Waals surface area contributed by atoms with Gasteiger partial charge < -0.3 is 15.4 Å². The van der Waals surface area contributed by atoms with Crippen LogP contribution in [0.5, 0.6) is 0 Å². The highest BCUT2D eigenvalue weighted by molar-refractivity contribution is 5.74. The molecule has 0 saturated heterocycles. The number of aromatic nitrogens is 3. The van der Waals surface area contributed by atoms with Gasteiger partial charge in [-0.2, -0.15) is 0 Å². The molecule has 1 aliphatic carbocycles. The molecule has 0 spiro atoms. The topological polar surface area (TPSA) is 73.8 Å². The van der Waals surface area contributed by atoms with Crippen LogP contribution in [-0.2, 0) is 0 Å². The number of anilines is 1. The molecule has 17 heavy (non-hydrogen) atoms. The number of nitrogens with one attached hydrogen (secondary N) is 2. The third-order valence-electron chi connectivity index (χ3n) is 3.33. The van der Waals surface area contributed by atoms with Crippen LogP contribution in [0, 0.1) is 0 Å². The predicted molar refractivity (Wildman–Crippen MR) is 65.8 cm³/mol. The molecule has 0 unspecified atom stereocenters.